The molecule has 0 amide bonds. The molecule has 3 heteroatoms. The minimum absolute atomic E-state index is 0.0207. The summed E-state index contributed by atoms with van der Waals surface area (Å²) in [4.78, 5) is 10.5. The van der Waals surface area contributed by atoms with Crippen LogP contribution in [0, 0.1) is 11.8 Å². The highest BCUT2D eigenvalue weighted by Crippen LogP contribution is 2.57. The van der Waals surface area contributed by atoms with Crippen molar-refractivity contribution in [3.05, 3.63) is 0 Å². The van der Waals surface area contributed by atoms with Gasteiger partial charge in [0.25, 0.3) is 6.47 Å². The van der Waals surface area contributed by atoms with E-state index in [1.54, 1.807) is 0 Å². The largest absolute Gasteiger partial charge is 0.435 e. The normalized spacial score (nSPS) is 54.6. The summed E-state index contributed by atoms with van der Waals surface area (Å²) >= 11 is 0. The van der Waals surface area contributed by atoms with Crippen molar-refractivity contribution in [2.45, 2.75) is 50.4 Å². The number of hydrogen-bond donors (Lipinski definition) is 0. The highest BCUT2D eigenvalue weighted by molar-refractivity contribution is 5.38. The third kappa shape index (κ3) is 1.11. The Morgan fingerprint density at radius 2 is 1.93 bits per heavy atom. The van der Waals surface area contributed by atoms with Gasteiger partial charge in [0.2, 0.25) is 5.79 Å². The van der Waals surface area contributed by atoms with Crippen LogP contribution in [0.2, 0.25) is 0 Å². The molecule has 2 saturated heterocycles. The van der Waals surface area contributed by atoms with Crippen LogP contribution < -0.4 is 0 Å². The van der Waals surface area contributed by atoms with Crippen LogP contribution in [0.25, 0.3) is 0 Å². The maximum atomic E-state index is 10.5. The van der Waals surface area contributed by atoms with Crippen molar-refractivity contribution in [1.29, 1.82) is 0 Å². The van der Waals surface area contributed by atoms with Gasteiger partial charge in [-0.2, -0.15) is 0 Å². The summed E-state index contributed by atoms with van der Waals surface area (Å²) in [5.41, 5.74) is -0.0207. The summed E-state index contributed by atoms with van der Waals surface area (Å²) in [5, 5.41) is 0. The molecule has 78 valence electrons. The predicted molar refractivity (Wildman–Crippen MR) is 49.4 cm³/mol. The smallest absolute Gasteiger partial charge is 0.295 e. The fourth-order valence-electron chi connectivity index (χ4n) is 4.04. The average Bonchev–Trinajstić information content (AvgIpc) is 1.97. The molecule has 3 nitrogen and oxygen atoms in total. The molecule has 0 aromatic carbocycles. The van der Waals surface area contributed by atoms with Crippen molar-refractivity contribution < 1.29 is 14.3 Å². The van der Waals surface area contributed by atoms with Crippen LogP contribution in [0.15, 0.2) is 0 Å². The van der Waals surface area contributed by atoms with Crippen molar-refractivity contribution >= 4 is 6.47 Å². The second-order valence-corrected chi connectivity index (χ2v) is 5.46. The van der Waals surface area contributed by atoms with Crippen molar-refractivity contribution in [2.75, 3.05) is 0 Å². The molecule has 0 aromatic heterocycles. The van der Waals surface area contributed by atoms with Crippen LogP contribution in [0.1, 0.15) is 39.0 Å². The summed E-state index contributed by atoms with van der Waals surface area (Å²) in [7, 11) is 0. The minimum atomic E-state index is -0.555. The monoisotopic (exact) mass is 196 g/mol. The van der Waals surface area contributed by atoms with Gasteiger partial charge < -0.3 is 9.47 Å². The Kier molecular flexibility index (Phi) is 1.56. The zero-order chi connectivity index (χ0) is 9.81. The standard InChI is InChI=1S/C11H16O3/c1-10-3-8-2-9(4-10)6-11(5-8,14-10)13-7-12/h7-9H,2-6H2,1H3. The fourth-order valence-corrected chi connectivity index (χ4v) is 4.04. The Labute approximate surface area is 83.8 Å². The molecule has 0 radical (unpaired) electrons. The minimum Gasteiger partial charge on any atom is -0.435 e. The molecule has 0 aromatic rings. The molecular formula is C11H16O3. The van der Waals surface area contributed by atoms with Crippen molar-refractivity contribution in [1.82, 2.24) is 0 Å². The highest BCUT2D eigenvalue weighted by Gasteiger charge is 2.58. The van der Waals surface area contributed by atoms with E-state index in [0.717, 1.165) is 25.7 Å². The number of hydrogen-bond acceptors (Lipinski definition) is 3. The molecule has 2 unspecified atom stereocenters. The Hall–Kier alpha value is -0.570. The van der Waals surface area contributed by atoms with Crippen LogP contribution in [0.5, 0.6) is 0 Å². The number of rotatable bonds is 2. The van der Waals surface area contributed by atoms with Crippen LogP contribution in [0.3, 0.4) is 0 Å². The summed E-state index contributed by atoms with van der Waals surface area (Å²) in [6.07, 6.45) is 5.43. The van der Waals surface area contributed by atoms with Gasteiger partial charge in [-0.25, -0.2) is 0 Å². The highest BCUT2D eigenvalue weighted by atomic mass is 16.7. The predicted octanol–water partition coefficient (Wildman–Crippen LogP) is 1.85. The number of ether oxygens (including phenoxy) is 2. The molecule has 2 atom stereocenters. The van der Waals surface area contributed by atoms with E-state index in [1.807, 2.05) is 0 Å². The first kappa shape index (κ1) is 8.72. The lowest BCUT2D eigenvalue weighted by Crippen LogP contribution is -2.60. The maximum absolute atomic E-state index is 10.5. The molecule has 2 heterocycles. The first-order valence-electron chi connectivity index (χ1n) is 5.45. The fraction of sp³-hybridized carbons (Fsp3) is 0.909. The van der Waals surface area contributed by atoms with E-state index in [9.17, 15) is 4.79 Å². The van der Waals surface area contributed by atoms with Gasteiger partial charge in [0, 0.05) is 12.8 Å². The van der Waals surface area contributed by atoms with Crippen LogP contribution in [-0.2, 0) is 14.3 Å². The summed E-state index contributed by atoms with van der Waals surface area (Å²) in [5.74, 6) is 0.864. The molecule has 4 bridgehead atoms. The molecule has 2 aliphatic carbocycles. The van der Waals surface area contributed by atoms with E-state index >= 15 is 0 Å². The molecule has 0 N–H and O–H groups in total. The van der Waals surface area contributed by atoms with Crippen LogP contribution in [-0.4, -0.2) is 17.9 Å². The molecule has 4 aliphatic rings. The van der Waals surface area contributed by atoms with Crippen molar-refractivity contribution in [3.8, 4) is 0 Å². The van der Waals surface area contributed by atoms with Gasteiger partial charge in [-0.1, -0.05) is 0 Å². The lowest BCUT2D eigenvalue weighted by atomic mass is 9.61. The molecular weight excluding hydrogens is 180 g/mol. The first-order chi connectivity index (χ1) is 6.63. The summed E-state index contributed by atoms with van der Waals surface area (Å²) in [6.45, 7) is 2.71. The Balaban J connectivity index is 1.92. The molecule has 2 aliphatic heterocycles. The van der Waals surface area contributed by atoms with Crippen LogP contribution in [0.4, 0.5) is 0 Å². The van der Waals surface area contributed by atoms with Gasteiger partial charge >= 0.3 is 0 Å². The van der Waals surface area contributed by atoms with Gasteiger partial charge in [0.15, 0.2) is 0 Å². The van der Waals surface area contributed by atoms with Gasteiger partial charge in [-0.05, 0) is 38.0 Å². The van der Waals surface area contributed by atoms with Crippen molar-refractivity contribution in [3.63, 3.8) is 0 Å². The zero-order valence-corrected chi connectivity index (χ0v) is 8.49. The van der Waals surface area contributed by atoms with Gasteiger partial charge in [-0.15, -0.1) is 0 Å². The van der Waals surface area contributed by atoms with E-state index in [-0.39, 0.29) is 5.60 Å². The van der Waals surface area contributed by atoms with E-state index in [2.05, 4.69) is 6.92 Å². The zero-order valence-electron chi connectivity index (χ0n) is 8.49. The topological polar surface area (TPSA) is 35.5 Å². The quantitative estimate of drug-likeness (QED) is 0.632. The van der Waals surface area contributed by atoms with E-state index in [4.69, 9.17) is 9.47 Å². The second-order valence-electron chi connectivity index (χ2n) is 5.46. The van der Waals surface area contributed by atoms with Gasteiger partial charge in [0.1, 0.15) is 0 Å². The van der Waals surface area contributed by atoms with Gasteiger partial charge in [-0.3, -0.25) is 4.79 Å². The molecule has 2 saturated carbocycles. The lowest BCUT2D eigenvalue weighted by Gasteiger charge is -2.59. The number of carbonyl (C=O) groups excluding carboxylic acids is 1. The second kappa shape index (κ2) is 2.51. The molecule has 0 spiro atoms. The first-order valence-corrected chi connectivity index (χ1v) is 5.45. The van der Waals surface area contributed by atoms with Crippen LogP contribution >= 0.6 is 0 Å². The molecule has 4 fully saturated rings. The Morgan fingerprint density at radius 1 is 1.29 bits per heavy atom. The average molecular weight is 196 g/mol. The summed E-state index contributed by atoms with van der Waals surface area (Å²) in [6, 6.07) is 0. The van der Waals surface area contributed by atoms with E-state index in [0.29, 0.717) is 18.3 Å². The summed E-state index contributed by atoms with van der Waals surface area (Å²) < 4.78 is 11.2. The number of carbonyl (C=O) groups is 1. The third-order valence-corrected chi connectivity index (χ3v) is 4.00. The Bertz CT molecular complexity index is 260. The third-order valence-electron chi connectivity index (χ3n) is 4.00. The lowest BCUT2D eigenvalue weighted by molar-refractivity contribution is -0.349. The van der Waals surface area contributed by atoms with Gasteiger partial charge in [0.05, 0.1) is 5.60 Å². The SMILES string of the molecule is CC12CC3CC(C1)CC(OC=O)(C3)O2. The maximum Gasteiger partial charge on any atom is 0.295 e. The molecule has 14 heavy (non-hydrogen) atoms. The van der Waals surface area contributed by atoms with E-state index in [1.165, 1.54) is 6.42 Å². The molecule has 4 rings (SSSR count). The Morgan fingerprint density at radius 3 is 2.43 bits per heavy atom. The van der Waals surface area contributed by atoms with Crippen molar-refractivity contribution in [2.24, 2.45) is 11.8 Å². The van der Waals surface area contributed by atoms with E-state index < -0.39 is 5.79 Å².